The molecule has 33 heavy (non-hydrogen) atoms. The Labute approximate surface area is 191 Å². The summed E-state index contributed by atoms with van der Waals surface area (Å²) in [6.07, 6.45) is 3.28. The Hall–Kier alpha value is -3.39. The van der Waals surface area contributed by atoms with E-state index < -0.39 is 15.7 Å². The van der Waals surface area contributed by atoms with E-state index in [1.54, 1.807) is 44.6 Å². The van der Waals surface area contributed by atoms with Gasteiger partial charge in [-0.3, -0.25) is 4.79 Å². The number of ether oxygens (including phenoxy) is 1. The zero-order chi connectivity index (χ0) is 23.9. The van der Waals surface area contributed by atoms with Crippen LogP contribution in [-0.2, 0) is 16.9 Å². The number of hydrogen-bond acceptors (Lipinski definition) is 4. The lowest BCUT2D eigenvalue weighted by molar-refractivity contribution is 0.437. The van der Waals surface area contributed by atoms with Crippen molar-refractivity contribution < 1.29 is 17.5 Å². The number of benzene rings is 2. The van der Waals surface area contributed by atoms with Crippen LogP contribution in [0.5, 0.6) is 11.5 Å². The van der Waals surface area contributed by atoms with Gasteiger partial charge in [-0.05, 0) is 41.8 Å². The molecular weight excluding hydrogens is 443 g/mol. The van der Waals surface area contributed by atoms with E-state index in [1.165, 1.54) is 28.8 Å². The van der Waals surface area contributed by atoms with Crippen molar-refractivity contribution in [3.05, 3.63) is 76.6 Å². The van der Waals surface area contributed by atoms with E-state index in [-0.39, 0.29) is 33.6 Å². The number of aryl methyl sites for hydroxylation is 1. The maximum absolute atomic E-state index is 15.1. The molecule has 0 saturated heterocycles. The third-order valence-corrected chi connectivity index (χ3v) is 7.44. The number of aromatic nitrogens is 2. The highest BCUT2D eigenvalue weighted by molar-refractivity contribution is 7.91. The monoisotopic (exact) mass is 468 g/mol. The second-order valence-electron chi connectivity index (χ2n) is 8.20. The van der Waals surface area contributed by atoms with E-state index in [2.05, 4.69) is 4.98 Å². The van der Waals surface area contributed by atoms with E-state index in [4.69, 9.17) is 4.74 Å². The Balaban J connectivity index is 1.98. The molecule has 0 spiro atoms. The predicted octanol–water partition coefficient (Wildman–Crippen LogP) is 5.38. The van der Waals surface area contributed by atoms with Crippen molar-refractivity contribution >= 4 is 20.7 Å². The van der Waals surface area contributed by atoms with E-state index in [0.29, 0.717) is 27.6 Å². The Morgan fingerprint density at radius 3 is 2.55 bits per heavy atom. The number of aromatic amines is 1. The number of pyridine rings is 1. The first-order chi connectivity index (χ1) is 15.6. The van der Waals surface area contributed by atoms with Gasteiger partial charge >= 0.3 is 0 Å². The van der Waals surface area contributed by atoms with Crippen LogP contribution in [-0.4, -0.2) is 23.7 Å². The Morgan fingerprint density at radius 2 is 1.85 bits per heavy atom. The number of H-pyrrole nitrogens is 1. The molecule has 4 rings (SSSR count). The van der Waals surface area contributed by atoms with Crippen LogP contribution >= 0.6 is 0 Å². The van der Waals surface area contributed by atoms with Crippen LogP contribution in [0, 0.1) is 5.82 Å². The minimum atomic E-state index is -3.51. The molecule has 4 aromatic rings. The lowest BCUT2D eigenvalue weighted by Crippen LogP contribution is -2.16. The first kappa shape index (κ1) is 22.8. The van der Waals surface area contributed by atoms with Crippen molar-refractivity contribution in [2.24, 2.45) is 7.05 Å². The van der Waals surface area contributed by atoms with Crippen molar-refractivity contribution in [3.8, 4) is 22.6 Å². The summed E-state index contributed by atoms with van der Waals surface area (Å²) in [6.45, 7) is 5.36. The molecule has 6 nitrogen and oxygen atoms in total. The summed E-state index contributed by atoms with van der Waals surface area (Å²) >= 11 is 0. The highest BCUT2D eigenvalue weighted by Gasteiger charge is 2.21. The van der Waals surface area contributed by atoms with Gasteiger partial charge in [0.1, 0.15) is 11.3 Å². The second kappa shape index (κ2) is 8.51. The third-order valence-electron chi connectivity index (χ3n) is 5.71. The Kier molecular flexibility index (Phi) is 5.88. The van der Waals surface area contributed by atoms with Gasteiger partial charge in [-0.2, -0.15) is 0 Å². The molecule has 2 heterocycles. The molecule has 0 fully saturated rings. The molecule has 0 aliphatic rings. The SMILES string of the molecule is CCS(=O)(=O)c1ccc(Oc2cccc(C(C)C)c2F)c(-c2cn(C)c(=O)c3[nH]ccc23)c1. The average molecular weight is 469 g/mol. The van der Waals surface area contributed by atoms with E-state index in [1.807, 2.05) is 13.8 Å². The first-order valence-corrected chi connectivity index (χ1v) is 12.3. The molecule has 0 amide bonds. The van der Waals surface area contributed by atoms with Gasteiger partial charge in [0, 0.05) is 36.0 Å². The molecule has 0 saturated carbocycles. The van der Waals surface area contributed by atoms with Crippen LogP contribution < -0.4 is 10.3 Å². The quantitative estimate of drug-likeness (QED) is 0.412. The Bertz CT molecular complexity index is 1520. The van der Waals surface area contributed by atoms with Gasteiger partial charge in [0.05, 0.1) is 10.6 Å². The molecule has 0 radical (unpaired) electrons. The maximum atomic E-state index is 15.1. The lowest BCUT2D eigenvalue weighted by atomic mass is 10.0. The number of hydrogen-bond donors (Lipinski definition) is 1. The summed E-state index contributed by atoms with van der Waals surface area (Å²) in [5.41, 5.74) is 1.73. The molecule has 2 aromatic heterocycles. The van der Waals surface area contributed by atoms with Crippen LogP contribution in [0.2, 0.25) is 0 Å². The fraction of sp³-hybridized carbons (Fsp3) is 0.240. The van der Waals surface area contributed by atoms with Gasteiger partial charge in [-0.15, -0.1) is 0 Å². The molecule has 2 aromatic carbocycles. The van der Waals surface area contributed by atoms with Crippen LogP contribution in [0.3, 0.4) is 0 Å². The van der Waals surface area contributed by atoms with Gasteiger partial charge in [-0.25, -0.2) is 12.8 Å². The molecule has 1 N–H and O–H groups in total. The summed E-state index contributed by atoms with van der Waals surface area (Å²) in [7, 11) is -1.89. The topological polar surface area (TPSA) is 81.2 Å². The highest BCUT2D eigenvalue weighted by Crippen LogP contribution is 2.39. The molecule has 172 valence electrons. The normalized spacial score (nSPS) is 11.9. The molecule has 0 bridgehead atoms. The summed E-state index contributed by atoms with van der Waals surface area (Å²) < 4.78 is 47.7. The van der Waals surface area contributed by atoms with Crippen LogP contribution in [0.15, 0.2) is 64.5 Å². The van der Waals surface area contributed by atoms with Crippen LogP contribution in [0.4, 0.5) is 4.39 Å². The maximum Gasteiger partial charge on any atom is 0.274 e. The zero-order valence-electron chi connectivity index (χ0n) is 18.8. The molecule has 0 aliphatic carbocycles. The van der Waals surface area contributed by atoms with Gasteiger partial charge in [0.2, 0.25) is 0 Å². The number of halogens is 1. The van der Waals surface area contributed by atoms with Crippen molar-refractivity contribution in [2.45, 2.75) is 31.6 Å². The third kappa shape index (κ3) is 4.06. The summed E-state index contributed by atoms with van der Waals surface area (Å²) in [5.74, 6) is -0.233. The summed E-state index contributed by atoms with van der Waals surface area (Å²) in [6, 6.07) is 11.2. The molecule has 0 atom stereocenters. The standard InChI is InChI=1S/C25H25FN2O4S/c1-5-33(30,31)16-9-10-21(32-22-8-6-7-17(15(2)3)23(22)26)19(13-16)20-14-28(4)25(29)24-18(20)11-12-27-24/h6-15,27H,5H2,1-4H3. The minimum absolute atomic E-state index is 0.0341. The molecular formula is C25H25FN2O4S. The number of nitrogens with one attached hydrogen (secondary N) is 1. The van der Waals surface area contributed by atoms with Gasteiger partial charge < -0.3 is 14.3 Å². The number of fused-ring (bicyclic) bond motifs is 1. The van der Waals surface area contributed by atoms with Crippen LogP contribution in [0.1, 0.15) is 32.3 Å². The second-order valence-corrected chi connectivity index (χ2v) is 10.5. The number of rotatable bonds is 6. The minimum Gasteiger partial charge on any atom is -0.454 e. The Morgan fingerprint density at radius 1 is 1.09 bits per heavy atom. The van der Waals surface area contributed by atoms with Crippen molar-refractivity contribution in [1.82, 2.24) is 9.55 Å². The van der Waals surface area contributed by atoms with Crippen molar-refractivity contribution in [2.75, 3.05) is 5.75 Å². The van der Waals surface area contributed by atoms with Crippen molar-refractivity contribution in [1.29, 1.82) is 0 Å². The smallest absolute Gasteiger partial charge is 0.274 e. The largest absolute Gasteiger partial charge is 0.454 e. The molecule has 0 unspecified atom stereocenters. The van der Waals surface area contributed by atoms with Crippen molar-refractivity contribution in [3.63, 3.8) is 0 Å². The molecule has 0 aliphatic heterocycles. The van der Waals surface area contributed by atoms with E-state index in [9.17, 15) is 13.2 Å². The van der Waals surface area contributed by atoms with E-state index >= 15 is 4.39 Å². The summed E-state index contributed by atoms with van der Waals surface area (Å²) in [4.78, 5) is 15.6. The van der Waals surface area contributed by atoms with E-state index in [0.717, 1.165) is 0 Å². The van der Waals surface area contributed by atoms with Crippen LogP contribution in [0.25, 0.3) is 22.0 Å². The van der Waals surface area contributed by atoms with Gasteiger partial charge in [0.15, 0.2) is 21.4 Å². The average Bonchev–Trinajstić information content (AvgIpc) is 3.28. The predicted molar refractivity (Wildman–Crippen MR) is 127 cm³/mol. The lowest BCUT2D eigenvalue weighted by Gasteiger charge is -2.17. The summed E-state index contributed by atoms with van der Waals surface area (Å²) in [5, 5.41) is 0.616. The number of nitrogens with zero attached hydrogens (tertiary/aromatic N) is 1. The molecule has 8 heteroatoms. The number of sulfone groups is 1. The fourth-order valence-electron chi connectivity index (χ4n) is 3.82. The zero-order valence-corrected chi connectivity index (χ0v) is 19.7. The highest BCUT2D eigenvalue weighted by atomic mass is 32.2. The fourth-order valence-corrected chi connectivity index (χ4v) is 4.73. The van der Waals surface area contributed by atoms with Gasteiger partial charge in [0.25, 0.3) is 5.56 Å². The van der Waals surface area contributed by atoms with Gasteiger partial charge in [-0.1, -0.05) is 32.9 Å². The first-order valence-electron chi connectivity index (χ1n) is 10.6.